The topological polar surface area (TPSA) is 32.3 Å². The Morgan fingerprint density at radius 3 is 2.89 bits per heavy atom. The lowest BCUT2D eigenvalue weighted by atomic mass is 9.91. The van der Waals surface area contributed by atoms with Crippen LogP contribution in [0.15, 0.2) is 0 Å². The molecule has 0 saturated carbocycles. The Kier molecular flexibility index (Phi) is 6.82. The molecule has 106 valence electrons. The van der Waals surface area contributed by atoms with Crippen LogP contribution < -0.4 is 5.32 Å². The van der Waals surface area contributed by atoms with E-state index in [1.54, 1.807) is 0 Å². The van der Waals surface area contributed by atoms with E-state index in [2.05, 4.69) is 24.1 Å². The molecular formula is C13H25ClN2OS. The highest BCUT2D eigenvalue weighted by Crippen LogP contribution is 2.24. The zero-order chi connectivity index (χ0) is 12.3. The van der Waals surface area contributed by atoms with Gasteiger partial charge in [-0.05, 0) is 25.7 Å². The Morgan fingerprint density at radius 1 is 1.44 bits per heavy atom. The third-order valence-electron chi connectivity index (χ3n) is 4.11. The molecule has 2 heterocycles. The quantitative estimate of drug-likeness (QED) is 0.846. The largest absolute Gasteiger partial charge is 0.340 e. The Balaban J connectivity index is 0.00000162. The Morgan fingerprint density at radius 2 is 2.22 bits per heavy atom. The van der Waals surface area contributed by atoms with Crippen molar-refractivity contribution in [2.45, 2.75) is 45.2 Å². The average molecular weight is 293 g/mol. The molecule has 0 radical (unpaired) electrons. The maximum Gasteiger partial charge on any atom is 0.224 e. The van der Waals surface area contributed by atoms with Crippen LogP contribution in [0, 0.1) is 5.92 Å². The van der Waals surface area contributed by atoms with Crippen molar-refractivity contribution in [3.05, 3.63) is 0 Å². The molecule has 0 aromatic heterocycles. The van der Waals surface area contributed by atoms with Crippen molar-refractivity contribution >= 4 is 30.1 Å². The molecule has 3 nitrogen and oxygen atoms in total. The van der Waals surface area contributed by atoms with E-state index in [-0.39, 0.29) is 12.4 Å². The number of rotatable bonds is 2. The zero-order valence-corrected chi connectivity index (χ0v) is 13.0. The lowest BCUT2D eigenvalue weighted by Crippen LogP contribution is -2.49. The second-order valence-corrected chi connectivity index (χ2v) is 6.53. The van der Waals surface area contributed by atoms with E-state index in [4.69, 9.17) is 0 Å². The van der Waals surface area contributed by atoms with Gasteiger partial charge in [-0.3, -0.25) is 4.79 Å². The molecule has 0 aromatic rings. The Hall–Kier alpha value is 0.0700. The molecule has 2 rings (SSSR count). The minimum atomic E-state index is 0. The van der Waals surface area contributed by atoms with Crippen LogP contribution in [-0.4, -0.2) is 47.5 Å². The molecule has 2 aliphatic rings. The van der Waals surface area contributed by atoms with E-state index in [1.165, 1.54) is 18.6 Å². The number of nitrogens with one attached hydrogen (secondary N) is 1. The van der Waals surface area contributed by atoms with Gasteiger partial charge in [0.15, 0.2) is 0 Å². The number of hydrogen-bond donors (Lipinski definition) is 1. The van der Waals surface area contributed by atoms with Crippen LogP contribution in [0.2, 0.25) is 0 Å². The van der Waals surface area contributed by atoms with E-state index in [9.17, 15) is 4.79 Å². The van der Waals surface area contributed by atoms with Crippen molar-refractivity contribution in [1.29, 1.82) is 0 Å². The maximum absolute atomic E-state index is 12.3. The van der Waals surface area contributed by atoms with Crippen molar-refractivity contribution in [2.24, 2.45) is 5.92 Å². The molecule has 3 atom stereocenters. The third-order valence-corrected chi connectivity index (χ3v) is 5.24. The number of likely N-dealkylation sites (tertiary alicyclic amines) is 1. The van der Waals surface area contributed by atoms with Crippen LogP contribution in [-0.2, 0) is 4.79 Å². The fraction of sp³-hybridized carbons (Fsp3) is 0.923. The molecule has 2 saturated heterocycles. The zero-order valence-electron chi connectivity index (χ0n) is 11.4. The highest BCUT2D eigenvalue weighted by molar-refractivity contribution is 7.99. The van der Waals surface area contributed by atoms with Gasteiger partial charge in [0, 0.05) is 43.1 Å². The van der Waals surface area contributed by atoms with Crippen LogP contribution in [0.5, 0.6) is 0 Å². The first-order chi connectivity index (χ1) is 8.18. The summed E-state index contributed by atoms with van der Waals surface area (Å²) in [4.78, 5) is 14.4. The van der Waals surface area contributed by atoms with E-state index in [0.29, 0.717) is 30.3 Å². The summed E-state index contributed by atoms with van der Waals surface area (Å²) in [6.07, 6.45) is 3.12. The first kappa shape index (κ1) is 16.1. The summed E-state index contributed by atoms with van der Waals surface area (Å²) >= 11 is 1.96. The van der Waals surface area contributed by atoms with Gasteiger partial charge in [-0.2, -0.15) is 11.8 Å². The van der Waals surface area contributed by atoms with Gasteiger partial charge in [-0.1, -0.05) is 6.92 Å². The molecule has 1 N–H and O–H groups in total. The number of thioether (sulfide) groups is 1. The summed E-state index contributed by atoms with van der Waals surface area (Å²) < 4.78 is 0. The summed E-state index contributed by atoms with van der Waals surface area (Å²) in [5.41, 5.74) is 0. The second-order valence-electron chi connectivity index (χ2n) is 5.38. The van der Waals surface area contributed by atoms with Gasteiger partial charge in [0.05, 0.1) is 0 Å². The van der Waals surface area contributed by atoms with E-state index < -0.39 is 0 Å². The van der Waals surface area contributed by atoms with Crippen LogP contribution in [0.3, 0.4) is 0 Å². The van der Waals surface area contributed by atoms with Gasteiger partial charge < -0.3 is 10.2 Å². The van der Waals surface area contributed by atoms with Crippen molar-refractivity contribution in [1.82, 2.24) is 10.2 Å². The molecule has 3 unspecified atom stereocenters. The highest BCUT2D eigenvalue weighted by atomic mass is 35.5. The predicted molar refractivity (Wildman–Crippen MR) is 80.6 cm³/mol. The van der Waals surface area contributed by atoms with Gasteiger partial charge in [0.25, 0.3) is 0 Å². The minimum Gasteiger partial charge on any atom is -0.340 e. The molecule has 0 aliphatic carbocycles. The lowest BCUT2D eigenvalue weighted by Gasteiger charge is -2.39. The van der Waals surface area contributed by atoms with Crippen molar-refractivity contribution in [3.63, 3.8) is 0 Å². The van der Waals surface area contributed by atoms with Crippen molar-refractivity contribution < 1.29 is 4.79 Å². The molecule has 2 fully saturated rings. The number of nitrogens with zero attached hydrogens (tertiary/aromatic N) is 1. The van der Waals surface area contributed by atoms with Crippen LogP contribution in [0.4, 0.5) is 0 Å². The van der Waals surface area contributed by atoms with Crippen LogP contribution in [0.1, 0.15) is 33.1 Å². The fourth-order valence-electron chi connectivity index (χ4n) is 2.77. The molecule has 5 heteroatoms. The Bertz CT molecular complexity index is 272. The maximum atomic E-state index is 12.3. The summed E-state index contributed by atoms with van der Waals surface area (Å²) in [5.74, 6) is 3.27. The summed E-state index contributed by atoms with van der Waals surface area (Å²) in [6, 6.07) is 0.818. The monoisotopic (exact) mass is 292 g/mol. The summed E-state index contributed by atoms with van der Waals surface area (Å²) in [6.45, 7) is 6.47. The number of hydrogen-bond acceptors (Lipinski definition) is 3. The molecule has 0 bridgehead atoms. The SMILES string of the molecule is CC1CCCN(C(=O)CC2CSCCN2)C1C.Cl. The standard InChI is InChI=1S/C13H24N2OS.ClH/c1-10-4-3-6-15(11(10)2)13(16)8-12-9-17-7-5-14-12;/h10-12,14H,3-9H2,1-2H3;1H. The van der Waals surface area contributed by atoms with Gasteiger partial charge in [-0.25, -0.2) is 0 Å². The number of carbonyl (C=O) groups excluding carboxylic acids is 1. The van der Waals surface area contributed by atoms with Crippen molar-refractivity contribution in [2.75, 3.05) is 24.6 Å². The molecule has 0 aromatic carbocycles. The van der Waals surface area contributed by atoms with E-state index in [1.807, 2.05) is 11.8 Å². The van der Waals surface area contributed by atoms with Crippen LogP contribution in [0.25, 0.3) is 0 Å². The number of amides is 1. The smallest absolute Gasteiger partial charge is 0.224 e. The molecule has 2 aliphatic heterocycles. The number of halogens is 1. The molecular weight excluding hydrogens is 268 g/mol. The van der Waals surface area contributed by atoms with Crippen LogP contribution >= 0.6 is 24.2 Å². The molecule has 0 spiro atoms. The van der Waals surface area contributed by atoms with E-state index >= 15 is 0 Å². The van der Waals surface area contributed by atoms with Gasteiger partial charge in [-0.15, -0.1) is 12.4 Å². The lowest BCUT2D eigenvalue weighted by molar-refractivity contribution is -0.136. The highest BCUT2D eigenvalue weighted by Gasteiger charge is 2.29. The minimum absolute atomic E-state index is 0. The third kappa shape index (κ3) is 4.04. The number of carbonyl (C=O) groups is 1. The second kappa shape index (κ2) is 7.61. The van der Waals surface area contributed by atoms with Gasteiger partial charge in [0.2, 0.25) is 5.91 Å². The van der Waals surface area contributed by atoms with Crippen molar-refractivity contribution in [3.8, 4) is 0 Å². The van der Waals surface area contributed by atoms with E-state index in [0.717, 1.165) is 18.8 Å². The Labute approximate surface area is 121 Å². The average Bonchev–Trinajstić information content (AvgIpc) is 2.34. The first-order valence-corrected chi connectivity index (χ1v) is 7.94. The number of piperidine rings is 1. The predicted octanol–water partition coefficient (Wildman–Crippen LogP) is 2.15. The summed E-state index contributed by atoms with van der Waals surface area (Å²) in [7, 11) is 0. The fourth-order valence-corrected chi connectivity index (χ4v) is 3.72. The van der Waals surface area contributed by atoms with Gasteiger partial charge >= 0.3 is 0 Å². The first-order valence-electron chi connectivity index (χ1n) is 6.79. The summed E-state index contributed by atoms with van der Waals surface area (Å²) in [5, 5.41) is 3.45. The van der Waals surface area contributed by atoms with Gasteiger partial charge in [0.1, 0.15) is 0 Å². The normalized spacial score (nSPS) is 32.8. The molecule has 18 heavy (non-hydrogen) atoms. The molecule has 1 amide bonds.